The Kier molecular flexibility index (Phi) is 4.21. The van der Waals surface area contributed by atoms with E-state index in [9.17, 15) is 10.1 Å². The van der Waals surface area contributed by atoms with Gasteiger partial charge in [-0.25, -0.2) is 0 Å². The molecule has 0 N–H and O–H groups in total. The lowest BCUT2D eigenvalue weighted by Gasteiger charge is -2.03. The predicted molar refractivity (Wildman–Crippen MR) is 87.0 cm³/mol. The fourth-order valence-corrected chi connectivity index (χ4v) is 3.53. The standard InChI is InChI=1S/C14H12N4O2S2/c1-17-13(12-3-2-8-21-12)15-16-14(17)22-9-10-4-6-11(7-5-10)18(19)20/h2-8H,9H2,1H3. The summed E-state index contributed by atoms with van der Waals surface area (Å²) in [6.45, 7) is 0. The van der Waals surface area contributed by atoms with Crippen molar-refractivity contribution in [3.63, 3.8) is 0 Å². The largest absolute Gasteiger partial charge is 0.304 e. The Morgan fingerprint density at radius 3 is 2.68 bits per heavy atom. The molecule has 2 heterocycles. The molecular formula is C14H12N4O2S2. The predicted octanol–water partition coefficient (Wildman–Crippen LogP) is 3.74. The van der Waals surface area contributed by atoms with Crippen molar-refractivity contribution in [2.24, 2.45) is 7.05 Å². The maximum absolute atomic E-state index is 10.6. The summed E-state index contributed by atoms with van der Waals surface area (Å²) in [4.78, 5) is 11.3. The van der Waals surface area contributed by atoms with Gasteiger partial charge in [0.2, 0.25) is 0 Å². The molecule has 0 saturated carbocycles. The van der Waals surface area contributed by atoms with Crippen LogP contribution in [0.5, 0.6) is 0 Å². The zero-order valence-corrected chi connectivity index (χ0v) is 13.3. The Balaban J connectivity index is 1.70. The van der Waals surface area contributed by atoms with E-state index in [1.165, 1.54) is 12.1 Å². The van der Waals surface area contributed by atoms with Crippen LogP contribution in [0.4, 0.5) is 5.69 Å². The highest BCUT2D eigenvalue weighted by atomic mass is 32.2. The van der Waals surface area contributed by atoms with Gasteiger partial charge in [0.1, 0.15) is 0 Å². The molecule has 0 fully saturated rings. The molecule has 0 radical (unpaired) electrons. The molecule has 0 spiro atoms. The lowest BCUT2D eigenvalue weighted by Crippen LogP contribution is -1.94. The molecular weight excluding hydrogens is 320 g/mol. The van der Waals surface area contributed by atoms with Crippen LogP contribution in [-0.2, 0) is 12.8 Å². The highest BCUT2D eigenvalue weighted by Crippen LogP contribution is 2.27. The average Bonchev–Trinajstić information content (AvgIpc) is 3.15. The summed E-state index contributed by atoms with van der Waals surface area (Å²) in [6, 6.07) is 10.6. The van der Waals surface area contributed by atoms with Gasteiger partial charge in [0, 0.05) is 24.9 Å². The van der Waals surface area contributed by atoms with Crippen molar-refractivity contribution in [2.45, 2.75) is 10.9 Å². The second kappa shape index (κ2) is 6.29. The van der Waals surface area contributed by atoms with Crippen molar-refractivity contribution in [1.29, 1.82) is 0 Å². The van der Waals surface area contributed by atoms with Gasteiger partial charge in [-0.05, 0) is 17.0 Å². The summed E-state index contributed by atoms with van der Waals surface area (Å²) in [5.74, 6) is 1.54. The van der Waals surface area contributed by atoms with Gasteiger partial charge in [-0.2, -0.15) is 0 Å². The summed E-state index contributed by atoms with van der Waals surface area (Å²) >= 11 is 3.18. The molecule has 0 aliphatic rings. The van der Waals surface area contributed by atoms with E-state index in [-0.39, 0.29) is 5.69 Å². The fraction of sp³-hybridized carbons (Fsp3) is 0.143. The van der Waals surface area contributed by atoms with Crippen LogP contribution in [0.25, 0.3) is 10.7 Å². The molecule has 0 aliphatic heterocycles. The Morgan fingerprint density at radius 2 is 2.05 bits per heavy atom. The summed E-state index contributed by atoms with van der Waals surface area (Å²) in [5.41, 5.74) is 1.11. The number of hydrogen-bond donors (Lipinski definition) is 0. The number of nitro groups is 1. The van der Waals surface area contributed by atoms with E-state index in [1.54, 1.807) is 35.2 Å². The number of hydrogen-bond acceptors (Lipinski definition) is 6. The molecule has 6 nitrogen and oxygen atoms in total. The quantitative estimate of drug-likeness (QED) is 0.404. The molecule has 0 amide bonds. The fourth-order valence-electron chi connectivity index (χ4n) is 1.92. The molecule has 112 valence electrons. The average molecular weight is 332 g/mol. The van der Waals surface area contributed by atoms with Crippen molar-refractivity contribution in [3.8, 4) is 10.7 Å². The summed E-state index contributed by atoms with van der Waals surface area (Å²) in [7, 11) is 1.94. The number of thioether (sulfide) groups is 1. The molecule has 0 atom stereocenters. The first-order chi connectivity index (χ1) is 10.6. The van der Waals surface area contributed by atoms with Gasteiger partial charge in [0.05, 0.1) is 9.80 Å². The van der Waals surface area contributed by atoms with Gasteiger partial charge >= 0.3 is 0 Å². The minimum atomic E-state index is -0.396. The van der Waals surface area contributed by atoms with Crippen molar-refractivity contribution in [2.75, 3.05) is 0 Å². The smallest absolute Gasteiger partial charge is 0.269 e. The molecule has 3 aromatic rings. The third-order valence-electron chi connectivity index (χ3n) is 3.09. The first kappa shape index (κ1) is 14.7. The first-order valence-electron chi connectivity index (χ1n) is 6.44. The van der Waals surface area contributed by atoms with E-state index in [0.717, 1.165) is 21.4 Å². The van der Waals surface area contributed by atoms with Gasteiger partial charge in [-0.1, -0.05) is 30.0 Å². The van der Waals surface area contributed by atoms with Crippen LogP contribution in [0.2, 0.25) is 0 Å². The number of thiophene rings is 1. The first-order valence-corrected chi connectivity index (χ1v) is 8.31. The lowest BCUT2D eigenvalue weighted by atomic mass is 10.2. The number of non-ortho nitro benzene ring substituents is 1. The number of rotatable bonds is 5. The topological polar surface area (TPSA) is 73.8 Å². The summed E-state index contributed by atoms with van der Waals surface area (Å²) in [6.07, 6.45) is 0. The van der Waals surface area contributed by atoms with Gasteiger partial charge in [-0.3, -0.25) is 10.1 Å². The van der Waals surface area contributed by atoms with Crippen molar-refractivity contribution >= 4 is 28.8 Å². The van der Waals surface area contributed by atoms with Crippen molar-refractivity contribution in [1.82, 2.24) is 14.8 Å². The third kappa shape index (κ3) is 3.02. The van der Waals surface area contributed by atoms with Crippen LogP contribution in [0.3, 0.4) is 0 Å². The van der Waals surface area contributed by atoms with E-state index in [2.05, 4.69) is 10.2 Å². The number of nitro benzene ring substituents is 1. The molecule has 2 aromatic heterocycles. The van der Waals surface area contributed by atoms with Gasteiger partial charge in [0.25, 0.3) is 5.69 Å². The summed E-state index contributed by atoms with van der Waals surface area (Å²) in [5, 5.41) is 21.9. The Hall–Kier alpha value is -2.19. The van der Waals surface area contributed by atoms with E-state index in [0.29, 0.717) is 5.75 Å². The van der Waals surface area contributed by atoms with Crippen LogP contribution < -0.4 is 0 Å². The van der Waals surface area contributed by atoms with Crippen LogP contribution in [0.1, 0.15) is 5.56 Å². The summed E-state index contributed by atoms with van der Waals surface area (Å²) < 4.78 is 1.96. The van der Waals surface area contributed by atoms with Gasteiger partial charge < -0.3 is 4.57 Å². The zero-order chi connectivity index (χ0) is 15.5. The minimum Gasteiger partial charge on any atom is -0.304 e. The maximum Gasteiger partial charge on any atom is 0.269 e. The van der Waals surface area contributed by atoms with Crippen LogP contribution in [0.15, 0.2) is 46.9 Å². The van der Waals surface area contributed by atoms with Crippen LogP contribution in [0, 0.1) is 10.1 Å². The number of nitrogens with zero attached hydrogens (tertiary/aromatic N) is 4. The Morgan fingerprint density at radius 1 is 1.27 bits per heavy atom. The second-order valence-electron chi connectivity index (χ2n) is 4.55. The lowest BCUT2D eigenvalue weighted by molar-refractivity contribution is -0.384. The molecule has 1 aromatic carbocycles. The highest BCUT2D eigenvalue weighted by molar-refractivity contribution is 7.98. The highest BCUT2D eigenvalue weighted by Gasteiger charge is 2.12. The normalized spacial score (nSPS) is 10.8. The van der Waals surface area contributed by atoms with E-state index >= 15 is 0 Å². The Labute approximate surface area is 135 Å². The Bertz CT molecular complexity index is 782. The third-order valence-corrected chi connectivity index (χ3v) is 5.05. The maximum atomic E-state index is 10.6. The monoisotopic (exact) mass is 332 g/mol. The molecule has 22 heavy (non-hydrogen) atoms. The zero-order valence-electron chi connectivity index (χ0n) is 11.7. The van der Waals surface area contributed by atoms with E-state index in [1.807, 2.05) is 29.1 Å². The molecule has 0 aliphatic carbocycles. The SMILES string of the molecule is Cn1c(SCc2ccc([N+](=O)[O-])cc2)nnc1-c1cccs1. The number of aromatic nitrogens is 3. The molecule has 8 heteroatoms. The molecule has 0 bridgehead atoms. The molecule has 3 rings (SSSR count). The molecule has 0 saturated heterocycles. The van der Waals surface area contributed by atoms with Crippen molar-refractivity contribution in [3.05, 3.63) is 57.5 Å². The minimum absolute atomic E-state index is 0.104. The van der Waals surface area contributed by atoms with Crippen molar-refractivity contribution < 1.29 is 4.92 Å². The van der Waals surface area contributed by atoms with Gasteiger partial charge in [-0.15, -0.1) is 21.5 Å². The van der Waals surface area contributed by atoms with E-state index < -0.39 is 4.92 Å². The second-order valence-corrected chi connectivity index (χ2v) is 6.44. The molecule has 0 unspecified atom stereocenters. The van der Waals surface area contributed by atoms with Gasteiger partial charge in [0.15, 0.2) is 11.0 Å². The van der Waals surface area contributed by atoms with Crippen LogP contribution >= 0.6 is 23.1 Å². The van der Waals surface area contributed by atoms with E-state index in [4.69, 9.17) is 0 Å². The van der Waals surface area contributed by atoms with Crippen LogP contribution in [-0.4, -0.2) is 19.7 Å². The number of benzene rings is 1.